The lowest BCUT2D eigenvalue weighted by atomic mass is 10.2. The quantitative estimate of drug-likeness (QED) is 0.839. The Morgan fingerprint density at radius 3 is 2.75 bits per heavy atom. The molecule has 0 radical (unpaired) electrons. The summed E-state index contributed by atoms with van der Waals surface area (Å²) >= 11 is 5.70. The van der Waals surface area contributed by atoms with Gasteiger partial charge in [-0.2, -0.15) is 0 Å². The summed E-state index contributed by atoms with van der Waals surface area (Å²) in [7, 11) is 1.30. The zero-order valence-corrected chi connectivity index (χ0v) is 10.1. The van der Waals surface area contributed by atoms with E-state index >= 15 is 0 Å². The Labute approximate surface area is 101 Å². The van der Waals surface area contributed by atoms with Crippen molar-refractivity contribution in [3.8, 4) is 17.2 Å². The first kappa shape index (κ1) is 11.6. The molecule has 1 aromatic carbocycles. The van der Waals surface area contributed by atoms with Crippen LogP contribution in [0.2, 0.25) is 5.02 Å². The number of fused-ring (bicyclic) bond motifs is 1. The molecular formula is C8H6Cl2O5S. The van der Waals surface area contributed by atoms with Gasteiger partial charge in [0.05, 0.1) is 16.3 Å². The van der Waals surface area contributed by atoms with E-state index in [-0.39, 0.29) is 34.6 Å². The zero-order chi connectivity index (χ0) is 11.9. The summed E-state index contributed by atoms with van der Waals surface area (Å²) in [4.78, 5) is 0. The van der Waals surface area contributed by atoms with E-state index in [0.29, 0.717) is 0 Å². The lowest BCUT2D eigenvalue weighted by Gasteiger charge is -2.08. The Hall–Kier alpha value is -0.850. The minimum atomic E-state index is -3.82. The average molecular weight is 285 g/mol. The first-order chi connectivity index (χ1) is 7.38. The molecule has 1 heterocycles. The number of phenolic OH excluding ortho intramolecular Hbond substituents is 1. The Morgan fingerprint density at radius 1 is 1.44 bits per heavy atom. The van der Waals surface area contributed by atoms with E-state index in [1.165, 1.54) is 6.07 Å². The fourth-order valence-electron chi connectivity index (χ4n) is 1.37. The number of hydrogen-bond donors (Lipinski definition) is 1. The average Bonchev–Trinajstić information content (AvgIpc) is 2.58. The zero-order valence-electron chi connectivity index (χ0n) is 7.74. The second kappa shape index (κ2) is 3.87. The fraction of sp³-hybridized carbons (Fsp3) is 0.250. The lowest BCUT2D eigenvalue weighted by molar-refractivity contribution is 0.173. The van der Waals surface area contributed by atoms with E-state index in [0.717, 1.165) is 0 Å². The highest BCUT2D eigenvalue weighted by atomic mass is 35.7. The molecule has 0 amide bonds. The van der Waals surface area contributed by atoms with Gasteiger partial charge in [0.2, 0.25) is 15.8 Å². The Morgan fingerprint density at radius 2 is 2.12 bits per heavy atom. The van der Waals surface area contributed by atoms with Crippen molar-refractivity contribution in [1.82, 2.24) is 0 Å². The van der Waals surface area contributed by atoms with Crippen LogP contribution < -0.4 is 9.47 Å². The van der Waals surface area contributed by atoms with Crippen molar-refractivity contribution < 1.29 is 23.0 Å². The standard InChI is InChI=1S/C8H6Cl2O5S/c9-5-1-6-8(15-3-14-6)4(7(5)11)2-16(10,12)13/h1,11H,2-3H2. The molecule has 0 bridgehead atoms. The highest BCUT2D eigenvalue weighted by Gasteiger charge is 2.26. The van der Waals surface area contributed by atoms with E-state index < -0.39 is 14.8 Å². The van der Waals surface area contributed by atoms with Crippen molar-refractivity contribution >= 4 is 31.3 Å². The molecule has 0 saturated heterocycles. The van der Waals surface area contributed by atoms with E-state index in [1.807, 2.05) is 0 Å². The van der Waals surface area contributed by atoms with Crippen LogP contribution in [-0.2, 0) is 14.8 Å². The minimum Gasteiger partial charge on any atom is -0.506 e. The van der Waals surface area contributed by atoms with Gasteiger partial charge in [-0.3, -0.25) is 0 Å². The molecule has 2 rings (SSSR count). The molecule has 0 saturated carbocycles. The number of hydrogen-bond acceptors (Lipinski definition) is 5. The van der Waals surface area contributed by atoms with Crippen molar-refractivity contribution in [2.45, 2.75) is 5.75 Å². The van der Waals surface area contributed by atoms with E-state index in [2.05, 4.69) is 0 Å². The molecule has 1 aliphatic rings. The van der Waals surface area contributed by atoms with Crippen molar-refractivity contribution in [2.24, 2.45) is 0 Å². The first-order valence-corrected chi connectivity index (χ1v) is 6.96. The summed E-state index contributed by atoms with van der Waals surface area (Å²) in [6.45, 7) is -0.0511. The first-order valence-electron chi connectivity index (χ1n) is 4.11. The van der Waals surface area contributed by atoms with Crippen molar-refractivity contribution in [1.29, 1.82) is 0 Å². The Balaban J connectivity index is 2.59. The molecule has 0 fully saturated rings. The molecule has 1 N–H and O–H groups in total. The van der Waals surface area contributed by atoms with Gasteiger partial charge in [0, 0.05) is 16.7 Å². The maximum absolute atomic E-state index is 11.0. The smallest absolute Gasteiger partial charge is 0.237 e. The number of benzene rings is 1. The molecule has 0 unspecified atom stereocenters. The molecule has 1 aromatic rings. The van der Waals surface area contributed by atoms with Crippen LogP contribution in [0.4, 0.5) is 0 Å². The summed E-state index contributed by atoms with van der Waals surface area (Å²) in [5.41, 5.74) is 0.00926. The predicted octanol–water partition coefficient (Wildman–Crippen LogP) is 1.84. The number of halogens is 2. The van der Waals surface area contributed by atoms with Crippen LogP contribution in [-0.4, -0.2) is 20.3 Å². The second-order valence-electron chi connectivity index (χ2n) is 3.10. The molecule has 0 spiro atoms. The van der Waals surface area contributed by atoms with Crippen LogP contribution in [0.5, 0.6) is 17.2 Å². The summed E-state index contributed by atoms with van der Waals surface area (Å²) in [5, 5.41) is 9.62. The highest BCUT2D eigenvalue weighted by Crippen LogP contribution is 2.45. The van der Waals surface area contributed by atoms with Crippen LogP contribution in [0.3, 0.4) is 0 Å². The molecule has 0 aliphatic carbocycles. The van der Waals surface area contributed by atoms with Crippen LogP contribution in [0, 0.1) is 0 Å². The second-order valence-corrected chi connectivity index (χ2v) is 6.29. The third-order valence-corrected chi connectivity index (χ3v) is 3.25. The summed E-state index contributed by atoms with van der Waals surface area (Å²) in [6, 6.07) is 1.35. The molecule has 8 heteroatoms. The van der Waals surface area contributed by atoms with E-state index in [1.54, 1.807) is 0 Å². The molecule has 16 heavy (non-hydrogen) atoms. The van der Waals surface area contributed by atoms with Gasteiger partial charge < -0.3 is 14.6 Å². The van der Waals surface area contributed by atoms with Crippen molar-refractivity contribution in [2.75, 3.05) is 6.79 Å². The lowest BCUT2D eigenvalue weighted by Crippen LogP contribution is -1.99. The van der Waals surface area contributed by atoms with Gasteiger partial charge in [0.25, 0.3) is 0 Å². The fourth-order valence-corrected chi connectivity index (χ4v) is 2.53. The molecule has 88 valence electrons. The SMILES string of the molecule is O=S(=O)(Cl)Cc1c(O)c(Cl)cc2c1OCO2. The normalized spacial score (nSPS) is 14.1. The van der Waals surface area contributed by atoms with Gasteiger partial charge in [-0.1, -0.05) is 11.6 Å². The molecule has 1 aliphatic heterocycles. The molecule has 0 aromatic heterocycles. The number of aromatic hydroxyl groups is 1. The topological polar surface area (TPSA) is 72.8 Å². The largest absolute Gasteiger partial charge is 0.506 e. The van der Waals surface area contributed by atoms with Crippen LogP contribution in [0.1, 0.15) is 5.56 Å². The van der Waals surface area contributed by atoms with Crippen molar-refractivity contribution in [3.05, 3.63) is 16.7 Å². The third-order valence-electron chi connectivity index (χ3n) is 2.00. The van der Waals surface area contributed by atoms with Gasteiger partial charge in [0.1, 0.15) is 5.75 Å². The van der Waals surface area contributed by atoms with Gasteiger partial charge in [-0.15, -0.1) is 0 Å². The van der Waals surface area contributed by atoms with Gasteiger partial charge >= 0.3 is 0 Å². The van der Waals surface area contributed by atoms with E-state index in [9.17, 15) is 13.5 Å². The number of ether oxygens (including phenoxy) is 2. The number of rotatable bonds is 2. The summed E-state index contributed by atoms with van der Waals surface area (Å²) in [5.74, 6) is -0.494. The molecule has 5 nitrogen and oxygen atoms in total. The van der Waals surface area contributed by atoms with Gasteiger partial charge in [0.15, 0.2) is 11.5 Å². The minimum absolute atomic E-state index is 0.00926. The number of phenols is 1. The summed E-state index contributed by atoms with van der Waals surface area (Å²) in [6.07, 6.45) is 0. The van der Waals surface area contributed by atoms with Crippen molar-refractivity contribution in [3.63, 3.8) is 0 Å². The predicted molar refractivity (Wildman–Crippen MR) is 57.7 cm³/mol. The highest BCUT2D eigenvalue weighted by molar-refractivity contribution is 8.13. The monoisotopic (exact) mass is 284 g/mol. The van der Waals surface area contributed by atoms with Crippen LogP contribution in [0.25, 0.3) is 0 Å². The third kappa shape index (κ3) is 2.14. The van der Waals surface area contributed by atoms with E-state index in [4.69, 9.17) is 31.8 Å². The van der Waals surface area contributed by atoms with Crippen LogP contribution >= 0.6 is 22.3 Å². The Bertz CT molecular complexity index is 540. The molecule has 0 atom stereocenters. The van der Waals surface area contributed by atoms with Gasteiger partial charge in [-0.05, 0) is 0 Å². The van der Waals surface area contributed by atoms with Crippen LogP contribution in [0.15, 0.2) is 6.07 Å². The maximum Gasteiger partial charge on any atom is 0.237 e. The Kier molecular flexibility index (Phi) is 2.81. The molecular weight excluding hydrogens is 279 g/mol. The van der Waals surface area contributed by atoms with Gasteiger partial charge in [-0.25, -0.2) is 8.42 Å². The summed E-state index contributed by atoms with van der Waals surface area (Å²) < 4.78 is 32.0. The maximum atomic E-state index is 11.0.